The molecule has 2 bridgehead atoms. The average Bonchev–Trinajstić information content (AvgIpc) is 3.39. The maximum Gasteiger partial charge on any atom is 0.399 e. The Morgan fingerprint density at radius 2 is 1.53 bits per heavy atom. The van der Waals surface area contributed by atoms with E-state index >= 15 is 0 Å². The van der Waals surface area contributed by atoms with E-state index in [9.17, 15) is 37.1 Å². The van der Waals surface area contributed by atoms with E-state index in [4.69, 9.17) is 14.2 Å². The van der Waals surface area contributed by atoms with Gasteiger partial charge in [-0.1, -0.05) is 13.2 Å². The molecule has 0 aromatic carbocycles. The van der Waals surface area contributed by atoms with Crippen molar-refractivity contribution in [3.8, 4) is 0 Å². The van der Waals surface area contributed by atoms with Crippen molar-refractivity contribution in [2.45, 2.75) is 51.5 Å². The molecule has 13 heteroatoms. The van der Waals surface area contributed by atoms with Gasteiger partial charge in [-0.25, -0.2) is 14.4 Å². The van der Waals surface area contributed by atoms with Gasteiger partial charge in [-0.15, -0.1) is 0 Å². The molecule has 3 fully saturated rings. The maximum atomic E-state index is 11.7. The fourth-order valence-electron chi connectivity index (χ4n) is 4.13. The van der Waals surface area contributed by atoms with Crippen LogP contribution in [0.15, 0.2) is 24.3 Å². The van der Waals surface area contributed by atoms with Crippen molar-refractivity contribution < 1.29 is 60.8 Å². The molecule has 2 aliphatic carbocycles. The molecule has 0 aromatic heterocycles. The summed E-state index contributed by atoms with van der Waals surface area (Å²) in [6.07, 6.45) is -5.35. The van der Waals surface area contributed by atoms with Crippen molar-refractivity contribution in [3.05, 3.63) is 24.3 Å². The van der Waals surface area contributed by atoms with Crippen LogP contribution < -0.4 is 0 Å². The summed E-state index contributed by atoms with van der Waals surface area (Å²) in [7, 11) is 0. The van der Waals surface area contributed by atoms with Crippen molar-refractivity contribution in [1.29, 1.82) is 0 Å². The molecule has 10 nitrogen and oxygen atoms in total. The van der Waals surface area contributed by atoms with E-state index in [2.05, 4.69) is 22.6 Å². The molecule has 5 unspecified atom stereocenters. The zero-order valence-corrected chi connectivity index (χ0v) is 19.8. The van der Waals surface area contributed by atoms with Gasteiger partial charge in [0.2, 0.25) is 0 Å². The molecular weight excluding hydrogens is 493 g/mol. The lowest BCUT2D eigenvalue weighted by Crippen LogP contribution is -2.37. The molecule has 0 aromatic rings. The molecule has 3 aliphatic rings. The number of hydrogen-bond acceptors (Lipinski definition) is 10. The van der Waals surface area contributed by atoms with Crippen LogP contribution in [-0.4, -0.2) is 68.1 Å². The summed E-state index contributed by atoms with van der Waals surface area (Å²) in [5.41, 5.74) is 0.381. The first-order valence-corrected chi connectivity index (χ1v) is 11.0. The fourth-order valence-corrected chi connectivity index (χ4v) is 4.13. The Hall–Kier alpha value is -3.38. The molecule has 36 heavy (non-hydrogen) atoms. The Labute approximate surface area is 204 Å². The summed E-state index contributed by atoms with van der Waals surface area (Å²) < 4.78 is 59.0. The molecule has 1 aliphatic heterocycles. The van der Waals surface area contributed by atoms with Crippen LogP contribution in [-0.2, 0) is 47.7 Å². The van der Waals surface area contributed by atoms with E-state index in [1.54, 1.807) is 0 Å². The van der Waals surface area contributed by atoms with Crippen LogP contribution in [0.25, 0.3) is 0 Å². The van der Waals surface area contributed by atoms with Crippen LogP contribution in [0.4, 0.5) is 13.2 Å². The first-order chi connectivity index (χ1) is 16.7. The number of carbonyl (C=O) groups is 5. The van der Waals surface area contributed by atoms with Crippen molar-refractivity contribution in [2.75, 3.05) is 19.8 Å². The van der Waals surface area contributed by atoms with Gasteiger partial charge < -0.3 is 23.7 Å². The van der Waals surface area contributed by atoms with Gasteiger partial charge in [0.15, 0.2) is 6.61 Å². The highest BCUT2D eigenvalue weighted by atomic mass is 19.4. The van der Waals surface area contributed by atoms with Crippen LogP contribution in [0, 0.1) is 17.8 Å². The predicted molar refractivity (Wildman–Crippen MR) is 113 cm³/mol. The summed E-state index contributed by atoms with van der Waals surface area (Å²) in [6.45, 7) is 8.48. The molecule has 0 radical (unpaired) electrons. The third-order valence-corrected chi connectivity index (χ3v) is 5.62. The first kappa shape index (κ1) is 28.9. The van der Waals surface area contributed by atoms with Gasteiger partial charge in [-0.3, -0.25) is 9.59 Å². The minimum atomic E-state index is -4.59. The quantitative estimate of drug-likeness (QED) is 0.193. The highest BCUT2D eigenvalue weighted by Crippen LogP contribution is 2.55. The van der Waals surface area contributed by atoms with Crippen molar-refractivity contribution in [2.24, 2.45) is 17.8 Å². The SMILES string of the molecule is C=C(C)C(=O)OCC(=O)OC1C2CC3C(=O)OC1C3C2.C=C(C)C(=O)OCCOC(=O)CC(F)(F)F. The second kappa shape index (κ2) is 12.0. The van der Waals surface area contributed by atoms with E-state index in [0.717, 1.165) is 12.8 Å². The van der Waals surface area contributed by atoms with E-state index in [1.165, 1.54) is 13.8 Å². The smallest absolute Gasteiger partial charge is 0.399 e. The number of hydrogen-bond donors (Lipinski definition) is 0. The Morgan fingerprint density at radius 3 is 2.11 bits per heavy atom. The largest absolute Gasteiger partial charge is 0.462 e. The minimum Gasteiger partial charge on any atom is -0.462 e. The van der Waals surface area contributed by atoms with Crippen LogP contribution in [0.3, 0.4) is 0 Å². The number of fused-ring (bicyclic) bond motifs is 1. The average molecular weight is 520 g/mol. The summed E-state index contributed by atoms with van der Waals surface area (Å²) in [4.78, 5) is 55.8. The number of carbonyl (C=O) groups excluding carboxylic acids is 5. The molecule has 3 rings (SSSR count). The fraction of sp³-hybridized carbons (Fsp3) is 0.609. The van der Waals surface area contributed by atoms with E-state index in [1.807, 2.05) is 0 Å². The highest BCUT2D eigenvalue weighted by molar-refractivity contribution is 5.88. The van der Waals surface area contributed by atoms with Crippen LogP contribution >= 0.6 is 0 Å². The maximum absolute atomic E-state index is 11.7. The molecular formula is C23H27F3O10. The number of alkyl halides is 3. The predicted octanol–water partition coefficient (Wildman–Crippen LogP) is 2.20. The number of esters is 5. The zero-order valence-electron chi connectivity index (χ0n) is 19.8. The molecule has 200 valence electrons. The second-order valence-electron chi connectivity index (χ2n) is 8.64. The van der Waals surface area contributed by atoms with E-state index < -0.39 is 55.8 Å². The normalized spacial score (nSPS) is 25.1. The summed E-state index contributed by atoms with van der Waals surface area (Å²) >= 11 is 0. The van der Waals surface area contributed by atoms with Gasteiger partial charge in [-0.2, -0.15) is 13.2 Å². The molecule has 2 saturated carbocycles. The minimum absolute atomic E-state index is 0.0128. The molecule has 0 amide bonds. The van der Waals surface area contributed by atoms with Crippen LogP contribution in [0.1, 0.15) is 33.1 Å². The van der Waals surface area contributed by atoms with Gasteiger partial charge in [0.1, 0.15) is 31.8 Å². The Balaban J connectivity index is 0.000000262. The highest BCUT2D eigenvalue weighted by Gasteiger charge is 2.63. The third-order valence-electron chi connectivity index (χ3n) is 5.62. The van der Waals surface area contributed by atoms with E-state index in [0.29, 0.717) is 0 Å². The number of rotatable bonds is 9. The summed E-state index contributed by atoms with van der Waals surface area (Å²) in [6, 6.07) is 0. The Kier molecular flexibility index (Phi) is 9.65. The van der Waals surface area contributed by atoms with Gasteiger partial charge in [0.25, 0.3) is 0 Å². The Morgan fingerprint density at radius 1 is 0.944 bits per heavy atom. The van der Waals surface area contributed by atoms with Crippen molar-refractivity contribution in [3.63, 3.8) is 0 Å². The summed E-state index contributed by atoms with van der Waals surface area (Å²) in [5.74, 6) is -3.15. The number of halogens is 3. The number of ether oxygens (including phenoxy) is 5. The standard InChI is InChI=1S/C14H16O6.C9H11F3O4/c1-6(2)13(16)18-5-10(15)19-11-7-3-8-9(4-7)14(17)20-12(8)11;1-6(2)8(14)16-4-3-15-7(13)5-9(10,11)12/h7-9,11-12H,1,3-5H2,2H3;1,3-5H2,2H3. The molecule has 0 spiro atoms. The molecule has 1 saturated heterocycles. The van der Waals surface area contributed by atoms with Crippen molar-refractivity contribution >= 4 is 29.8 Å². The van der Waals surface area contributed by atoms with Crippen LogP contribution in [0.2, 0.25) is 0 Å². The Bertz CT molecular complexity index is 926. The summed E-state index contributed by atoms with van der Waals surface area (Å²) in [5, 5.41) is 0. The van der Waals surface area contributed by atoms with E-state index in [-0.39, 0.29) is 47.6 Å². The lowest BCUT2D eigenvalue weighted by Gasteiger charge is -2.25. The van der Waals surface area contributed by atoms with Crippen LogP contribution in [0.5, 0.6) is 0 Å². The van der Waals surface area contributed by atoms with Gasteiger partial charge in [0.05, 0.1) is 5.92 Å². The monoisotopic (exact) mass is 520 g/mol. The molecule has 0 N–H and O–H groups in total. The van der Waals surface area contributed by atoms with Gasteiger partial charge in [-0.05, 0) is 26.7 Å². The topological polar surface area (TPSA) is 132 Å². The third kappa shape index (κ3) is 8.09. The van der Waals surface area contributed by atoms with Gasteiger partial charge in [0, 0.05) is 23.0 Å². The second-order valence-corrected chi connectivity index (χ2v) is 8.64. The first-order valence-electron chi connectivity index (χ1n) is 11.0. The zero-order chi connectivity index (χ0) is 27.2. The lowest BCUT2D eigenvalue weighted by atomic mass is 9.88. The van der Waals surface area contributed by atoms with Gasteiger partial charge >= 0.3 is 36.0 Å². The molecule has 5 atom stereocenters. The van der Waals surface area contributed by atoms with Crippen molar-refractivity contribution in [1.82, 2.24) is 0 Å². The lowest BCUT2D eigenvalue weighted by molar-refractivity contribution is -0.173. The molecule has 1 heterocycles.